The predicted octanol–water partition coefficient (Wildman–Crippen LogP) is 0.293. The molecule has 0 atom stereocenters. The molecule has 1 aliphatic heterocycles. The highest BCUT2D eigenvalue weighted by Gasteiger charge is 2.09. The summed E-state index contributed by atoms with van der Waals surface area (Å²) in [7, 11) is -3.21. The lowest BCUT2D eigenvalue weighted by atomic mass is 10.4. The molecule has 0 aromatic rings. The Kier molecular flexibility index (Phi) is 1.87. The van der Waals surface area contributed by atoms with Crippen LogP contribution in [0.3, 0.4) is 0 Å². The Labute approximate surface area is 54.5 Å². The predicted molar refractivity (Wildman–Crippen MR) is 33.5 cm³/mol. The van der Waals surface area contributed by atoms with Crippen LogP contribution in [0.4, 0.5) is 0 Å². The van der Waals surface area contributed by atoms with Crippen LogP contribution in [0.5, 0.6) is 0 Å². The highest BCUT2D eigenvalue weighted by atomic mass is 32.2. The van der Waals surface area contributed by atoms with Crippen molar-refractivity contribution in [3.05, 3.63) is 12.2 Å². The first-order chi connectivity index (χ1) is 4.21. The molecule has 0 N–H and O–H groups in total. The Morgan fingerprint density at radius 1 is 1.33 bits per heavy atom. The molecule has 0 spiro atoms. The van der Waals surface area contributed by atoms with Gasteiger partial charge >= 0.3 is 0 Å². The van der Waals surface area contributed by atoms with E-state index in [9.17, 15) is 8.42 Å². The SMILES string of the molecule is O=S1(=O)CC=CCCO1. The lowest BCUT2D eigenvalue weighted by Gasteiger charge is -1.95. The summed E-state index contributed by atoms with van der Waals surface area (Å²) in [5.41, 5.74) is 0. The molecule has 52 valence electrons. The van der Waals surface area contributed by atoms with Crippen molar-refractivity contribution < 1.29 is 12.6 Å². The van der Waals surface area contributed by atoms with Gasteiger partial charge in [0.25, 0.3) is 10.1 Å². The molecule has 0 unspecified atom stereocenters. The van der Waals surface area contributed by atoms with Crippen LogP contribution in [-0.4, -0.2) is 20.8 Å². The molecule has 0 radical (unpaired) electrons. The summed E-state index contributed by atoms with van der Waals surface area (Å²) >= 11 is 0. The monoisotopic (exact) mass is 148 g/mol. The molecule has 0 aromatic heterocycles. The van der Waals surface area contributed by atoms with Crippen LogP contribution in [0.25, 0.3) is 0 Å². The fraction of sp³-hybridized carbons (Fsp3) is 0.600. The summed E-state index contributed by atoms with van der Waals surface area (Å²) < 4.78 is 25.7. The maximum absolute atomic E-state index is 10.6. The highest BCUT2D eigenvalue weighted by molar-refractivity contribution is 7.86. The van der Waals surface area contributed by atoms with Crippen molar-refractivity contribution in [2.45, 2.75) is 6.42 Å². The van der Waals surface area contributed by atoms with Crippen molar-refractivity contribution in [2.75, 3.05) is 12.4 Å². The molecule has 9 heavy (non-hydrogen) atoms. The molecule has 0 amide bonds. The second-order valence-electron chi connectivity index (χ2n) is 1.81. The summed E-state index contributed by atoms with van der Waals surface area (Å²) in [6.07, 6.45) is 4.12. The van der Waals surface area contributed by atoms with Crippen LogP contribution in [0, 0.1) is 0 Å². The quantitative estimate of drug-likeness (QED) is 0.366. The normalized spacial score (nSPS) is 25.3. The summed E-state index contributed by atoms with van der Waals surface area (Å²) in [5, 5.41) is 0. The van der Waals surface area contributed by atoms with Gasteiger partial charge in [-0.2, -0.15) is 8.42 Å². The number of rotatable bonds is 0. The van der Waals surface area contributed by atoms with Gasteiger partial charge in [-0.05, 0) is 6.42 Å². The number of hydrogen-bond donors (Lipinski definition) is 0. The minimum atomic E-state index is -3.21. The Bertz CT molecular complexity index is 202. The van der Waals surface area contributed by atoms with E-state index in [4.69, 9.17) is 0 Å². The standard InChI is InChI=1S/C5H8O3S/c6-9(7)5-3-1-2-4-8-9/h1,3H,2,4-5H2. The fourth-order valence-corrected chi connectivity index (χ4v) is 1.41. The van der Waals surface area contributed by atoms with Crippen molar-refractivity contribution >= 4 is 10.1 Å². The Morgan fingerprint density at radius 2 is 2.11 bits per heavy atom. The van der Waals surface area contributed by atoms with E-state index >= 15 is 0 Å². The third kappa shape index (κ3) is 2.15. The van der Waals surface area contributed by atoms with Gasteiger partial charge in [-0.15, -0.1) is 0 Å². The first-order valence-corrected chi connectivity index (χ1v) is 4.30. The van der Waals surface area contributed by atoms with Crippen molar-refractivity contribution in [1.29, 1.82) is 0 Å². The summed E-state index contributed by atoms with van der Waals surface area (Å²) in [4.78, 5) is 0. The number of hydrogen-bond acceptors (Lipinski definition) is 3. The zero-order valence-corrected chi connectivity index (χ0v) is 5.73. The van der Waals surface area contributed by atoms with Gasteiger partial charge in [-0.1, -0.05) is 12.2 Å². The molecule has 1 rings (SSSR count). The second-order valence-corrected chi connectivity index (χ2v) is 3.49. The first kappa shape index (κ1) is 6.77. The van der Waals surface area contributed by atoms with E-state index in [-0.39, 0.29) is 5.75 Å². The van der Waals surface area contributed by atoms with E-state index in [1.165, 1.54) is 0 Å². The highest BCUT2D eigenvalue weighted by Crippen LogP contribution is 2.00. The Hall–Kier alpha value is -0.350. The van der Waals surface area contributed by atoms with E-state index < -0.39 is 10.1 Å². The van der Waals surface area contributed by atoms with Gasteiger partial charge in [0, 0.05) is 0 Å². The molecule has 0 aromatic carbocycles. The average Bonchev–Trinajstić information content (AvgIpc) is 1.92. The van der Waals surface area contributed by atoms with Crippen LogP contribution in [-0.2, 0) is 14.3 Å². The van der Waals surface area contributed by atoms with Gasteiger partial charge in [0.05, 0.1) is 12.4 Å². The molecule has 0 bridgehead atoms. The van der Waals surface area contributed by atoms with Gasteiger partial charge in [0.2, 0.25) is 0 Å². The molecule has 0 saturated carbocycles. The van der Waals surface area contributed by atoms with Crippen LogP contribution < -0.4 is 0 Å². The lowest BCUT2D eigenvalue weighted by Crippen LogP contribution is -2.06. The average molecular weight is 148 g/mol. The summed E-state index contributed by atoms with van der Waals surface area (Å²) in [6, 6.07) is 0. The molecule has 0 fully saturated rings. The zero-order valence-electron chi connectivity index (χ0n) is 4.91. The smallest absolute Gasteiger partial charge is 0.270 e. The molecule has 0 saturated heterocycles. The Morgan fingerprint density at radius 3 is 2.89 bits per heavy atom. The van der Waals surface area contributed by atoms with Crippen molar-refractivity contribution in [3.8, 4) is 0 Å². The molecule has 4 heteroatoms. The van der Waals surface area contributed by atoms with Gasteiger partial charge < -0.3 is 0 Å². The molecule has 1 aliphatic rings. The van der Waals surface area contributed by atoms with Crippen LogP contribution in [0.15, 0.2) is 12.2 Å². The summed E-state index contributed by atoms with van der Waals surface area (Å²) in [5.74, 6) is 0.0208. The van der Waals surface area contributed by atoms with E-state index in [1.54, 1.807) is 6.08 Å². The lowest BCUT2D eigenvalue weighted by molar-refractivity contribution is 0.329. The Balaban J connectivity index is 2.70. The van der Waals surface area contributed by atoms with Crippen molar-refractivity contribution in [2.24, 2.45) is 0 Å². The molecule has 0 aliphatic carbocycles. The van der Waals surface area contributed by atoms with Gasteiger partial charge in [-0.25, -0.2) is 0 Å². The third-order valence-electron chi connectivity index (χ3n) is 1.01. The van der Waals surface area contributed by atoms with Gasteiger partial charge in [-0.3, -0.25) is 4.18 Å². The third-order valence-corrected chi connectivity index (χ3v) is 2.14. The van der Waals surface area contributed by atoms with E-state index in [0.29, 0.717) is 13.0 Å². The minimum Gasteiger partial charge on any atom is -0.270 e. The maximum atomic E-state index is 10.6. The van der Waals surface area contributed by atoms with Gasteiger partial charge in [0.15, 0.2) is 0 Å². The summed E-state index contributed by atoms with van der Waals surface area (Å²) in [6.45, 7) is 0.291. The van der Waals surface area contributed by atoms with Gasteiger partial charge in [0.1, 0.15) is 0 Å². The van der Waals surface area contributed by atoms with Crippen LogP contribution >= 0.6 is 0 Å². The molecular weight excluding hydrogens is 140 g/mol. The van der Waals surface area contributed by atoms with Crippen molar-refractivity contribution in [1.82, 2.24) is 0 Å². The topological polar surface area (TPSA) is 43.4 Å². The molecular formula is C5H8O3S. The fourth-order valence-electron chi connectivity index (χ4n) is 0.595. The zero-order chi connectivity index (χ0) is 6.74. The maximum Gasteiger partial charge on any atom is 0.270 e. The van der Waals surface area contributed by atoms with Crippen molar-refractivity contribution in [3.63, 3.8) is 0 Å². The van der Waals surface area contributed by atoms with E-state index in [2.05, 4.69) is 4.18 Å². The largest absolute Gasteiger partial charge is 0.270 e. The second kappa shape index (κ2) is 2.49. The van der Waals surface area contributed by atoms with E-state index in [0.717, 1.165) is 0 Å². The molecule has 3 nitrogen and oxygen atoms in total. The van der Waals surface area contributed by atoms with Crippen LogP contribution in [0.1, 0.15) is 6.42 Å². The van der Waals surface area contributed by atoms with E-state index in [1.807, 2.05) is 6.08 Å². The molecule has 1 heterocycles. The van der Waals surface area contributed by atoms with Crippen LogP contribution in [0.2, 0.25) is 0 Å². The minimum absolute atomic E-state index is 0.0208. The first-order valence-electron chi connectivity index (χ1n) is 2.73.